The lowest BCUT2D eigenvalue weighted by Crippen LogP contribution is -2.73. The Kier molecular flexibility index (Phi) is 8.67. The zero-order valence-corrected chi connectivity index (χ0v) is 16.8. The van der Waals surface area contributed by atoms with Crippen LogP contribution in [0.2, 0.25) is 0 Å². The van der Waals surface area contributed by atoms with E-state index in [1.54, 1.807) is 30.3 Å². The van der Waals surface area contributed by atoms with Crippen LogP contribution in [-0.4, -0.2) is 30.7 Å². The molecule has 6 N–H and O–H groups in total. The predicted octanol–water partition coefficient (Wildman–Crippen LogP) is 2.45. The highest BCUT2D eigenvalue weighted by Crippen LogP contribution is 2.31. The lowest BCUT2D eigenvalue weighted by atomic mass is 9.89. The number of nitrogens with two attached hydrogens (primary N) is 2. The van der Waals surface area contributed by atoms with Crippen molar-refractivity contribution in [1.29, 1.82) is 0 Å². The molecule has 0 radical (unpaired) electrons. The number of amides is 1. The second kappa shape index (κ2) is 10.0. The van der Waals surface area contributed by atoms with Crippen LogP contribution in [0.3, 0.4) is 0 Å². The van der Waals surface area contributed by atoms with E-state index in [0.29, 0.717) is 12.0 Å². The molecule has 1 aromatic carbocycles. The summed E-state index contributed by atoms with van der Waals surface area (Å²) in [5, 5.41) is 2.42. The monoisotopic (exact) mass is 401 g/mol. The fraction of sp³-hybridized carbons (Fsp3) is 0.611. The number of hydrogen-bond acceptors (Lipinski definition) is 6. The van der Waals surface area contributed by atoms with E-state index < -0.39 is 26.7 Å². The number of nitrogens with one attached hydrogen (secondary N) is 1. The smallest absolute Gasteiger partial charge is 0.407 e. The average Bonchev–Trinajstić information content (AvgIpc) is 2.60. The molecule has 1 amide bonds. The van der Waals surface area contributed by atoms with Gasteiger partial charge < -0.3 is 10.1 Å². The Hall–Kier alpha value is -1.68. The fourth-order valence-electron chi connectivity index (χ4n) is 2.71. The molecule has 8 nitrogen and oxygen atoms in total. The van der Waals surface area contributed by atoms with Crippen molar-refractivity contribution < 1.29 is 22.5 Å². The van der Waals surface area contributed by atoms with Crippen LogP contribution >= 0.6 is 0 Å². The second-order valence-electron chi connectivity index (χ2n) is 6.79. The Balaban J connectivity index is 2.81. The molecule has 9 heteroatoms. The largest absolute Gasteiger partial charge is 0.450 e. The van der Waals surface area contributed by atoms with Crippen molar-refractivity contribution >= 4 is 16.2 Å². The molecule has 0 aliphatic carbocycles. The zero-order chi connectivity index (χ0) is 20.6. The first-order valence-electron chi connectivity index (χ1n) is 9.11. The Morgan fingerprint density at radius 1 is 1.11 bits per heavy atom. The molecule has 0 aromatic heterocycles. The van der Waals surface area contributed by atoms with Crippen molar-refractivity contribution in [2.24, 2.45) is 11.5 Å². The van der Waals surface area contributed by atoms with Crippen molar-refractivity contribution in [2.45, 2.75) is 62.9 Å². The topological polar surface area (TPSA) is 145 Å². The Labute approximate surface area is 161 Å². The van der Waals surface area contributed by atoms with Gasteiger partial charge >= 0.3 is 6.09 Å². The molecule has 0 aliphatic heterocycles. The summed E-state index contributed by atoms with van der Waals surface area (Å²) >= 11 is 0. The van der Waals surface area contributed by atoms with Crippen LogP contribution in [0.5, 0.6) is 0 Å². The van der Waals surface area contributed by atoms with Crippen molar-refractivity contribution in [3.8, 4) is 0 Å². The van der Waals surface area contributed by atoms with Gasteiger partial charge in [0.25, 0.3) is 10.1 Å². The van der Waals surface area contributed by atoms with Gasteiger partial charge in [0.2, 0.25) is 4.99 Å². The highest BCUT2D eigenvalue weighted by atomic mass is 32.2. The van der Waals surface area contributed by atoms with E-state index >= 15 is 0 Å². The SMILES string of the molecule is CCCCCCCCOC(=O)NC(C)(c1ccccc1)C(N)(N)S(=O)(=O)O. The molecule has 0 bridgehead atoms. The van der Waals surface area contributed by atoms with E-state index in [9.17, 15) is 17.8 Å². The standard InChI is InChI=1S/C18H31N3O5S/c1-3-4-5-6-7-11-14-26-16(22)21-17(2,15-12-9-8-10-13-15)18(19,20)27(23,24)25/h8-10,12-13H,3-7,11,14,19-20H2,1-2H3,(H,21,22)(H,23,24,25). The van der Waals surface area contributed by atoms with Gasteiger partial charge in [-0.15, -0.1) is 0 Å². The zero-order valence-electron chi connectivity index (χ0n) is 16.0. The number of benzene rings is 1. The van der Waals surface area contributed by atoms with E-state index in [0.717, 1.165) is 25.7 Å². The molecule has 0 aliphatic rings. The van der Waals surface area contributed by atoms with Crippen LogP contribution < -0.4 is 16.8 Å². The molecule has 154 valence electrons. The molecule has 1 rings (SSSR count). The van der Waals surface area contributed by atoms with Gasteiger partial charge in [0, 0.05) is 0 Å². The number of hydrogen-bond donors (Lipinski definition) is 4. The normalized spacial score (nSPS) is 14.4. The summed E-state index contributed by atoms with van der Waals surface area (Å²) in [6.45, 7) is 3.65. The molecule has 0 heterocycles. The van der Waals surface area contributed by atoms with Gasteiger partial charge in [0.1, 0.15) is 5.54 Å². The van der Waals surface area contributed by atoms with Crippen molar-refractivity contribution in [3.63, 3.8) is 0 Å². The van der Waals surface area contributed by atoms with Gasteiger partial charge in [0.15, 0.2) is 0 Å². The first-order chi connectivity index (χ1) is 12.6. The first kappa shape index (κ1) is 23.4. The molecule has 1 atom stereocenters. The summed E-state index contributed by atoms with van der Waals surface area (Å²) in [6, 6.07) is 8.08. The maximum Gasteiger partial charge on any atom is 0.407 e. The molecular weight excluding hydrogens is 370 g/mol. The van der Waals surface area contributed by atoms with Gasteiger partial charge in [-0.2, -0.15) is 8.42 Å². The lowest BCUT2D eigenvalue weighted by Gasteiger charge is -2.41. The molecule has 1 aromatic rings. The molecule has 0 fully saturated rings. The number of carbonyl (C=O) groups excluding carboxylic acids is 1. The van der Waals surface area contributed by atoms with Gasteiger partial charge in [-0.25, -0.2) is 4.79 Å². The van der Waals surface area contributed by atoms with Gasteiger partial charge in [-0.3, -0.25) is 16.0 Å². The van der Waals surface area contributed by atoms with Crippen LogP contribution in [0.25, 0.3) is 0 Å². The highest BCUT2D eigenvalue weighted by Gasteiger charge is 2.54. The van der Waals surface area contributed by atoms with E-state index in [1.807, 2.05) is 0 Å². The lowest BCUT2D eigenvalue weighted by molar-refractivity contribution is 0.123. The summed E-state index contributed by atoms with van der Waals surface area (Å²) in [6.07, 6.45) is 5.33. The maximum absolute atomic E-state index is 12.2. The summed E-state index contributed by atoms with van der Waals surface area (Å²) in [4.78, 5) is 9.55. The summed E-state index contributed by atoms with van der Waals surface area (Å²) in [5.74, 6) is 0. The summed E-state index contributed by atoms with van der Waals surface area (Å²) < 4.78 is 38.1. The van der Waals surface area contributed by atoms with Gasteiger partial charge in [-0.05, 0) is 18.9 Å². The van der Waals surface area contributed by atoms with Crippen LogP contribution in [0.4, 0.5) is 4.79 Å². The summed E-state index contributed by atoms with van der Waals surface area (Å²) in [7, 11) is -4.91. The van der Waals surface area contributed by atoms with E-state index in [4.69, 9.17) is 16.2 Å². The van der Waals surface area contributed by atoms with E-state index in [2.05, 4.69) is 12.2 Å². The van der Waals surface area contributed by atoms with Crippen LogP contribution in [-0.2, 0) is 20.4 Å². The third-order valence-electron chi connectivity index (χ3n) is 4.64. The second-order valence-corrected chi connectivity index (χ2v) is 8.41. The third-order valence-corrected chi connectivity index (χ3v) is 5.90. The van der Waals surface area contributed by atoms with Crippen molar-refractivity contribution in [1.82, 2.24) is 5.32 Å². The third kappa shape index (κ3) is 6.17. The van der Waals surface area contributed by atoms with Crippen LogP contribution in [0.15, 0.2) is 30.3 Å². The molecule has 1 unspecified atom stereocenters. The number of rotatable bonds is 11. The maximum atomic E-state index is 12.2. The Morgan fingerprint density at radius 2 is 1.67 bits per heavy atom. The quantitative estimate of drug-likeness (QED) is 0.253. The van der Waals surface area contributed by atoms with E-state index in [-0.39, 0.29) is 6.61 Å². The summed E-state index contributed by atoms with van der Waals surface area (Å²) in [5.41, 5.74) is 9.98. The molecule has 27 heavy (non-hydrogen) atoms. The number of unbranched alkanes of at least 4 members (excludes halogenated alkanes) is 5. The Bertz CT molecular complexity index is 694. The number of alkyl carbamates (subject to hydrolysis) is 1. The molecular formula is C18H31N3O5S. The van der Waals surface area contributed by atoms with Gasteiger partial charge in [0.05, 0.1) is 6.61 Å². The first-order valence-corrected chi connectivity index (χ1v) is 10.6. The van der Waals surface area contributed by atoms with Gasteiger partial charge in [-0.1, -0.05) is 69.4 Å². The van der Waals surface area contributed by atoms with Crippen molar-refractivity contribution in [2.75, 3.05) is 6.61 Å². The van der Waals surface area contributed by atoms with Crippen LogP contribution in [0, 0.1) is 0 Å². The minimum atomic E-state index is -4.91. The highest BCUT2D eigenvalue weighted by molar-refractivity contribution is 7.87. The average molecular weight is 402 g/mol. The predicted molar refractivity (Wildman–Crippen MR) is 104 cm³/mol. The number of ether oxygens (including phenoxy) is 1. The van der Waals surface area contributed by atoms with E-state index in [1.165, 1.54) is 13.3 Å². The fourth-order valence-corrected chi connectivity index (χ4v) is 3.40. The molecule has 0 saturated heterocycles. The van der Waals surface area contributed by atoms with Crippen molar-refractivity contribution in [3.05, 3.63) is 35.9 Å². The number of carbonyl (C=O) groups is 1. The molecule has 0 saturated carbocycles. The molecule has 0 spiro atoms. The minimum Gasteiger partial charge on any atom is -0.450 e. The van der Waals surface area contributed by atoms with Crippen LogP contribution in [0.1, 0.15) is 57.9 Å². The minimum absolute atomic E-state index is 0.191. The Morgan fingerprint density at radius 3 is 2.22 bits per heavy atom.